The van der Waals surface area contributed by atoms with Crippen molar-refractivity contribution in [2.45, 2.75) is 69.6 Å². The van der Waals surface area contributed by atoms with E-state index in [1.165, 1.54) is 13.3 Å². The first-order valence-electron chi connectivity index (χ1n) is 16.6. The number of imidazole rings is 1. The van der Waals surface area contributed by atoms with Gasteiger partial charge in [0.05, 0.1) is 6.33 Å². The molecule has 2 heterocycles. The fraction of sp³-hybridized carbons (Fsp3) is 0.343. The molecule has 4 rings (SSSR count). The van der Waals surface area contributed by atoms with Gasteiger partial charge in [0.1, 0.15) is 18.1 Å². The molecule has 51 heavy (non-hydrogen) atoms. The number of carbonyl (C=O) groups is 5. The number of aromatic nitrogens is 3. The molecule has 4 aromatic rings. The van der Waals surface area contributed by atoms with E-state index in [4.69, 9.17) is 17.2 Å². The number of benzene rings is 2. The fourth-order valence-corrected chi connectivity index (χ4v) is 5.71. The fourth-order valence-electron chi connectivity index (χ4n) is 5.71. The number of nitrogens with two attached hydrogens (primary N) is 3. The maximum atomic E-state index is 13.7. The van der Waals surface area contributed by atoms with Crippen LogP contribution in [0.1, 0.15) is 43.0 Å². The maximum Gasteiger partial charge on any atom is 0.243 e. The molecule has 0 aliphatic heterocycles. The molecule has 4 atom stereocenters. The highest BCUT2D eigenvalue weighted by Gasteiger charge is 2.29. The number of rotatable bonds is 19. The van der Waals surface area contributed by atoms with Crippen molar-refractivity contribution < 1.29 is 24.0 Å². The zero-order valence-corrected chi connectivity index (χ0v) is 28.4. The average molecular weight is 700 g/mol. The molecule has 16 heteroatoms. The Morgan fingerprint density at radius 3 is 2.22 bits per heavy atom. The van der Waals surface area contributed by atoms with Gasteiger partial charge in [-0.15, -0.1) is 0 Å². The molecule has 0 saturated carbocycles. The lowest BCUT2D eigenvalue weighted by atomic mass is 10.0. The molecule has 2 aromatic carbocycles. The van der Waals surface area contributed by atoms with E-state index in [1.54, 1.807) is 12.4 Å². The van der Waals surface area contributed by atoms with Gasteiger partial charge >= 0.3 is 0 Å². The molecule has 0 saturated heterocycles. The number of amides is 5. The van der Waals surface area contributed by atoms with Gasteiger partial charge in [-0.25, -0.2) is 4.98 Å². The Labute approximate surface area is 294 Å². The molecule has 16 nitrogen and oxygen atoms in total. The minimum atomic E-state index is -1.09. The third-order valence-electron chi connectivity index (χ3n) is 8.13. The highest BCUT2D eigenvalue weighted by molar-refractivity contribution is 5.93. The number of H-pyrrole nitrogens is 2. The van der Waals surface area contributed by atoms with Gasteiger partial charge in [-0.05, 0) is 36.5 Å². The number of carbonyl (C=O) groups excluding carboxylic acids is 5. The van der Waals surface area contributed by atoms with Crippen LogP contribution in [0, 0.1) is 0 Å². The van der Waals surface area contributed by atoms with Crippen LogP contribution in [0.2, 0.25) is 0 Å². The number of primary amides is 1. The van der Waals surface area contributed by atoms with Crippen molar-refractivity contribution in [1.29, 1.82) is 0 Å². The first kappa shape index (κ1) is 37.6. The molecule has 0 aliphatic carbocycles. The van der Waals surface area contributed by atoms with Crippen LogP contribution in [-0.2, 0) is 43.2 Å². The second-order valence-electron chi connectivity index (χ2n) is 12.2. The summed E-state index contributed by atoms with van der Waals surface area (Å²) in [5, 5.41) is 11.9. The summed E-state index contributed by atoms with van der Waals surface area (Å²) in [5.74, 6) is -2.91. The molecule has 0 unspecified atom stereocenters. The van der Waals surface area contributed by atoms with E-state index in [0.717, 1.165) is 22.0 Å². The van der Waals surface area contributed by atoms with Gasteiger partial charge in [0.15, 0.2) is 5.96 Å². The van der Waals surface area contributed by atoms with Gasteiger partial charge in [-0.2, -0.15) is 0 Å². The Balaban J connectivity index is 1.49. The van der Waals surface area contributed by atoms with Crippen LogP contribution < -0.4 is 38.5 Å². The largest absolute Gasteiger partial charge is 0.370 e. The summed E-state index contributed by atoms with van der Waals surface area (Å²) in [6.45, 7) is 1.51. The minimum absolute atomic E-state index is 0.114. The molecule has 270 valence electrons. The number of para-hydroxylation sites is 1. The smallest absolute Gasteiger partial charge is 0.243 e. The number of nitrogens with one attached hydrogen (secondary N) is 6. The zero-order valence-electron chi connectivity index (χ0n) is 28.4. The van der Waals surface area contributed by atoms with Crippen LogP contribution in [0.15, 0.2) is 78.3 Å². The standard InChI is InChI=1S/C35H45N11O5/c1-21(47)43-30(16-25-19-39-20-42-25)34(51)44-24(14-22-8-3-2-4-9-22)17-31(48)45-28(12-7-13-40-35(37)38)33(50)46-29(32(36)49)15-23-18-41-27-11-6-5-10-26(23)27/h2-6,8-11,18-20,24,28-30,41H,7,12-17H2,1H3,(H2,36,49)(H,39,42)(H,43,47)(H,44,51)(H,45,48)(H,46,50)(H4,37,38,40)/t24-,28+,29+,30+/m1/s1. The Hall–Kier alpha value is -6.19. The first-order chi connectivity index (χ1) is 24.5. The monoisotopic (exact) mass is 699 g/mol. The van der Waals surface area contributed by atoms with E-state index < -0.39 is 53.7 Å². The van der Waals surface area contributed by atoms with Crippen molar-refractivity contribution in [1.82, 2.24) is 36.2 Å². The molecule has 0 spiro atoms. The molecule has 12 N–H and O–H groups in total. The number of hydrogen-bond donors (Lipinski definition) is 9. The summed E-state index contributed by atoms with van der Waals surface area (Å²) in [5.41, 5.74) is 19.8. The summed E-state index contributed by atoms with van der Waals surface area (Å²) in [6, 6.07) is 13.0. The van der Waals surface area contributed by atoms with E-state index in [-0.39, 0.29) is 44.6 Å². The van der Waals surface area contributed by atoms with Gasteiger partial charge in [0.25, 0.3) is 0 Å². The van der Waals surface area contributed by atoms with E-state index in [9.17, 15) is 24.0 Å². The Morgan fingerprint density at radius 2 is 1.53 bits per heavy atom. The maximum absolute atomic E-state index is 13.7. The molecule has 0 fully saturated rings. The number of aliphatic imine (C=N–C) groups is 1. The van der Waals surface area contributed by atoms with Crippen molar-refractivity contribution in [3.05, 3.63) is 90.1 Å². The third-order valence-corrected chi connectivity index (χ3v) is 8.13. The summed E-state index contributed by atoms with van der Waals surface area (Å²) in [6.07, 6.45) is 5.60. The highest BCUT2D eigenvalue weighted by Crippen LogP contribution is 2.19. The molecule has 0 aliphatic rings. The summed E-state index contributed by atoms with van der Waals surface area (Å²) in [7, 11) is 0. The molecule has 2 aromatic heterocycles. The van der Waals surface area contributed by atoms with Crippen molar-refractivity contribution in [3.8, 4) is 0 Å². The lowest BCUT2D eigenvalue weighted by molar-refractivity contribution is -0.132. The quantitative estimate of drug-likeness (QED) is 0.0359. The van der Waals surface area contributed by atoms with Crippen molar-refractivity contribution in [3.63, 3.8) is 0 Å². The predicted molar refractivity (Wildman–Crippen MR) is 192 cm³/mol. The minimum Gasteiger partial charge on any atom is -0.370 e. The molecular weight excluding hydrogens is 654 g/mol. The van der Waals surface area contributed by atoms with Gasteiger partial charge in [0.2, 0.25) is 29.5 Å². The third kappa shape index (κ3) is 12.0. The molecule has 5 amide bonds. The number of guanidine groups is 1. The van der Waals surface area contributed by atoms with Crippen molar-refractivity contribution in [2.24, 2.45) is 22.2 Å². The molecular formula is C35H45N11O5. The van der Waals surface area contributed by atoms with E-state index >= 15 is 0 Å². The Bertz CT molecular complexity index is 1800. The van der Waals surface area contributed by atoms with Crippen LogP contribution >= 0.6 is 0 Å². The van der Waals surface area contributed by atoms with Gasteiger partial charge < -0.3 is 48.4 Å². The van der Waals surface area contributed by atoms with Crippen molar-refractivity contribution >= 4 is 46.4 Å². The van der Waals surface area contributed by atoms with Gasteiger partial charge in [-0.3, -0.25) is 29.0 Å². The van der Waals surface area contributed by atoms with Crippen LogP contribution in [0.25, 0.3) is 10.9 Å². The van der Waals surface area contributed by atoms with Gasteiger partial charge in [0, 0.05) is 67.8 Å². The second kappa shape index (κ2) is 18.5. The first-order valence-corrected chi connectivity index (χ1v) is 16.6. The van der Waals surface area contributed by atoms with Crippen LogP contribution in [-0.4, -0.2) is 81.2 Å². The zero-order chi connectivity index (χ0) is 36.8. The number of fused-ring (bicyclic) bond motifs is 1. The normalized spacial score (nSPS) is 13.3. The topological polar surface area (TPSA) is 268 Å². The van der Waals surface area contributed by atoms with Gasteiger partial charge in [-0.1, -0.05) is 48.5 Å². The summed E-state index contributed by atoms with van der Waals surface area (Å²) >= 11 is 0. The molecule has 0 radical (unpaired) electrons. The number of nitrogens with zero attached hydrogens (tertiary/aromatic N) is 2. The van der Waals surface area contributed by atoms with Crippen LogP contribution in [0.3, 0.4) is 0 Å². The van der Waals surface area contributed by atoms with Crippen LogP contribution in [0.4, 0.5) is 0 Å². The van der Waals surface area contributed by atoms with Crippen LogP contribution in [0.5, 0.6) is 0 Å². The van der Waals surface area contributed by atoms with E-state index in [1.807, 2.05) is 54.6 Å². The summed E-state index contributed by atoms with van der Waals surface area (Å²) < 4.78 is 0. The SMILES string of the molecule is CC(=O)N[C@@H](Cc1cnc[nH]1)C(=O)N[C@@H](CC(=O)N[C@@H](CCCN=C(N)N)C(=O)N[C@@H](Cc1c[nH]c2ccccc12)C(N)=O)Cc1ccccc1. The number of hydrogen-bond acceptors (Lipinski definition) is 7. The Morgan fingerprint density at radius 1 is 0.804 bits per heavy atom. The highest BCUT2D eigenvalue weighted by atomic mass is 16.2. The lowest BCUT2D eigenvalue weighted by Crippen LogP contribution is -2.55. The molecule has 0 bridgehead atoms. The predicted octanol–water partition coefficient (Wildman–Crippen LogP) is -0.193. The second-order valence-corrected chi connectivity index (χ2v) is 12.2. The van der Waals surface area contributed by atoms with Crippen molar-refractivity contribution in [2.75, 3.05) is 6.54 Å². The lowest BCUT2D eigenvalue weighted by Gasteiger charge is -2.25. The number of aromatic amines is 2. The Kier molecular flexibility index (Phi) is 13.7. The van der Waals surface area contributed by atoms with E-state index in [2.05, 4.69) is 41.2 Å². The van der Waals surface area contributed by atoms with E-state index in [0.29, 0.717) is 12.1 Å². The average Bonchev–Trinajstić information content (AvgIpc) is 3.75. The summed E-state index contributed by atoms with van der Waals surface area (Å²) in [4.78, 5) is 79.3.